The molecule has 130 valence electrons. The van der Waals surface area contributed by atoms with Crippen molar-refractivity contribution in [2.45, 2.75) is 52.3 Å². The lowest BCUT2D eigenvalue weighted by atomic mass is 10.1. The molecule has 1 amide bonds. The van der Waals surface area contributed by atoms with E-state index in [4.69, 9.17) is 10.5 Å². The fourth-order valence-electron chi connectivity index (χ4n) is 2.28. The lowest BCUT2D eigenvalue weighted by Gasteiger charge is -2.27. The lowest BCUT2D eigenvalue weighted by molar-refractivity contribution is 0.0522. The minimum atomic E-state index is -0.473. The molecule has 0 fully saturated rings. The summed E-state index contributed by atoms with van der Waals surface area (Å²) in [6.07, 6.45) is 0.410. The van der Waals surface area contributed by atoms with Crippen molar-refractivity contribution in [2.75, 3.05) is 20.1 Å². The second-order valence-electron chi connectivity index (χ2n) is 7.01. The van der Waals surface area contributed by atoms with Gasteiger partial charge in [0.2, 0.25) is 0 Å². The summed E-state index contributed by atoms with van der Waals surface area (Å²) in [5.74, 6) is 0. The molecule has 5 nitrogen and oxygen atoms in total. The van der Waals surface area contributed by atoms with Gasteiger partial charge < -0.3 is 15.8 Å². The first kappa shape index (κ1) is 19.5. The maximum atomic E-state index is 11.6. The standard InChI is InChI=1S/C18H31N3O2/c1-14-6-8-15(9-7-14)13-21(5)16(12-19)10-11-20-17(22)23-18(2,3)4/h6-9,16H,10-13,19H2,1-5H3,(H,20,22). The van der Waals surface area contributed by atoms with Gasteiger partial charge in [0.15, 0.2) is 0 Å². The van der Waals surface area contributed by atoms with Crippen molar-refractivity contribution in [3.05, 3.63) is 35.4 Å². The average Bonchev–Trinajstić information content (AvgIpc) is 2.44. The molecule has 1 atom stereocenters. The molecule has 1 rings (SSSR count). The van der Waals surface area contributed by atoms with Crippen molar-refractivity contribution in [3.63, 3.8) is 0 Å². The van der Waals surface area contributed by atoms with E-state index in [2.05, 4.69) is 48.5 Å². The number of ether oxygens (including phenoxy) is 1. The van der Waals surface area contributed by atoms with E-state index in [0.717, 1.165) is 13.0 Å². The normalized spacial score (nSPS) is 13.0. The van der Waals surface area contributed by atoms with Gasteiger partial charge in [-0.1, -0.05) is 29.8 Å². The summed E-state index contributed by atoms with van der Waals surface area (Å²) in [4.78, 5) is 13.9. The van der Waals surface area contributed by atoms with Gasteiger partial charge in [0, 0.05) is 25.7 Å². The molecule has 3 N–H and O–H groups in total. The van der Waals surface area contributed by atoms with E-state index in [1.807, 2.05) is 20.8 Å². The molecule has 5 heteroatoms. The lowest BCUT2D eigenvalue weighted by Crippen LogP contribution is -2.41. The number of carbonyl (C=O) groups excluding carboxylic acids is 1. The van der Waals surface area contributed by atoms with Gasteiger partial charge in [-0.15, -0.1) is 0 Å². The monoisotopic (exact) mass is 321 g/mol. The number of nitrogens with one attached hydrogen (secondary N) is 1. The summed E-state index contributed by atoms with van der Waals surface area (Å²) in [5, 5.41) is 2.79. The second-order valence-corrected chi connectivity index (χ2v) is 7.01. The number of nitrogens with zero attached hydrogens (tertiary/aromatic N) is 1. The predicted octanol–water partition coefficient (Wildman–Crippen LogP) is 2.67. The van der Waals surface area contributed by atoms with Crippen LogP contribution in [0.1, 0.15) is 38.3 Å². The molecule has 0 aliphatic heterocycles. The van der Waals surface area contributed by atoms with E-state index < -0.39 is 5.60 Å². The number of alkyl carbamates (subject to hydrolysis) is 1. The van der Waals surface area contributed by atoms with Gasteiger partial charge in [-0.2, -0.15) is 0 Å². The summed E-state index contributed by atoms with van der Waals surface area (Å²) in [7, 11) is 2.06. The summed E-state index contributed by atoms with van der Waals surface area (Å²) >= 11 is 0. The van der Waals surface area contributed by atoms with E-state index in [-0.39, 0.29) is 12.1 Å². The third-order valence-electron chi connectivity index (χ3n) is 3.59. The van der Waals surface area contributed by atoms with E-state index in [1.165, 1.54) is 11.1 Å². The van der Waals surface area contributed by atoms with Gasteiger partial charge in [-0.25, -0.2) is 4.79 Å². The Balaban J connectivity index is 2.40. The minimum Gasteiger partial charge on any atom is -0.444 e. The molecule has 0 radical (unpaired) electrons. The van der Waals surface area contributed by atoms with Crippen molar-refractivity contribution in [3.8, 4) is 0 Å². The maximum absolute atomic E-state index is 11.6. The van der Waals surface area contributed by atoms with Crippen molar-refractivity contribution < 1.29 is 9.53 Å². The Morgan fingerprint density at radius 1 is 1.30 bits per heavy atom. The number of hydrogen-bond acceptors (Lipinski definition) is 4. The van der Waals surface area contributed by atoms with Gasteiger partial charge in [-0.3, -0.25) is 4.90 Å². The van der Waals surface area contributed by atoms with Crippen LogP contribution in [0.25, 0.3) is 0 Å². The zero-order valence-corrected chi connectivity index (χ0v) is 15.1. The van der Waals surface area contributed by atoms with Gasteiger partial charge in [0.05, 0.1) is 0 Å². The largest absolute Gasteiger partial charge is 0.444 e. The van der Waals surface area contributed by atoms with Crippen LogP contribution in [-0.4, -0.2) is 42.8 Å². The van der Waals surface area contributed by atoms with Gasteiger partial charge in [-0.05, 0) is 46.7 Å². The van der Waals surface area contributed by atoms with Crippen molar-refractivity contribution in [1.82, 2.24) is 10.2 Å². The molecule has 0 aliphatic carbocycles. The highest BCUT2D eigenvalue weighted by Gasteiger charge is 2.17. The number of nitrogens with two attached hydrogens (primary N) is 1. The molecular formula is C18H31N3O2. The Morgan fingerprint density at radius 2 is 1.91 bits per heavy atom. The zero-order chi connectivity index (χ0) is 17.5. The summed E-state index contributed by atoms with van der Waals surface area (Å²) in [6.45, 7) is 9.58. The summed E-state index contributed by atoms with van der Waals surface area (Å²) < 4.78 is 5.23. The molecule has 0 aliphatic rings. The van der Waals surface area contributed by atoms with Gasteiger partial charge in [0.25, 0.3) is 0 Å². The van der Waals surface area contributed by atoms with Crippen molar-refractivity contribution in [1.29, 1.82) is 0 Å². The number of carbonyl (C=O) groups is 1. The Labute approximate surface area is 140 Å². The Bertz CT molecular complexity index is 480. The molecule has 23 heavy (non-hydrogen) atoms. The highest BCUT2D eigenvalue weighted by atomic mass is 16.6. The van der Waals surface area contributed by atoms with Gasteiger partial charge in [0.1, 0.15) is 5.60 Å². The molecule has 0 spiro atoms. The topological polar surface area (TPSA) is 67.6 Å². The van der Waals surface area contributed by atoms with Crippen LogP contribution in [0.5, 0.6) is 0 Å². The van der Waals surface area contributed by atoms with Crippen LogP contribution in [0, 0.1) is 6.92 Å². The van der Waals surface area contributed by atoms with Crippen LogP contribution in [0.3, 0.4) is 0 Å². The predicted molar refractivity (Wildman–Crippen MR) is 94.3 cm³/mol. The zero-order valence-electron chi connectivity index (χ0n) is 15.1. The van der Waals surface area contributed by atoms with E-state index in [1.54, 1.807) is 0 Å². The first-order valence-corrected chi connectivity index (χ1v) is 8.14. The van der Waals surface area contributed by atoms with Crippen molar-refractivity contribution >= 4 is 6.09 Å². The van der Waals surface area contributed by atoms with Crippen LogP contribution < -0.4 is 11.1 Å². The average molecular weight is 321 g/mol. The van der Waals surface area contributed by atoms with Crippen LogP contribution in [0.2, 0.25) is 0 Å². The van der Waals surface area contributed by atoms with Crippen molar-refractivity contribution in [2.24, 2.45) is 5.73 Å². The number of hydrogen-bond donors (Lipinski definition) is 2. The van der Waals surface area contributed by atoms with E-state index >= 15 is 0 Å². The molecule has 0 aromatic heterocycles. The molecular weight excluding hydrogens is 290 g/mol. The Morgan fingerprint density at radius 3 is 2.43 bits per heavy atom. The highest BCUT2D eigenvalue weighted by molar-refractivity contribution is 5.67. The van der Waals surface area contributed by atoms with Crippen LogP contribution >= 0.6 is 0 Å². The first-order chi connectivity index (χ1) is 10.7. The molecule has 1 aromatic carbocycles. The SMILES string of the molecule is Cc1ccc(CN(C)C(CN)CCNC(=O)OC(C)(C)C)cc1. The molecule has 0 saturated carbocycles. The first-order valence-electron chi connectivity index (χ1n) is 8.14. The third kappa shape index (κ3) is 8.00. The number of aryl methyl sites for hydroxylation is 1. The van der Waals surface area contributed by atoms with Crippen LogP contribution in [0.4, 0.5) is 4.79 Å². The third-order valence-corrected chi connectivity index (χ3v) is 3.59. The number of benzene rings is 1. The molecule has 0 bridgehead atoms. The summed E-state index contributed by atoms with van der Waals surface area (Å²) in [5.41, 5.74) is 7.93. The minimum absolute atomic E-state index is 0.214. The fraction of sp³-hybridized carbons (Fsp3) is 0.611. The molecule has 1 unspecified atom stereocenters. The number of rotatable bonds is 7. The molecule has 1 aromatic rings. The van der Waals surface area contributed by atoms with Crippen LogP contribution in [0.15, 0.2) is 24.3 Å². The van der Waals surface area contributed by atoms with E-state index in [9.17, 15) is 4.79 Å². The summed E-state index contributed by atoms with van der Waals surface area (Å²) in [6, 6.07) is 8.72. The van der Waals surface area contributed by atoms with Crippen LogP contribution in [-0.2, 0) is 11.3 Å². The fourth-order valence-corrected chi connectivity index (χ4v) is 2.28. The molecule has 0 saturated heterocycles. The van der Waals surface area contributed by atoms with Gasteiger partial charge >= 0.3 is 6.09 Å². The Kier molecular flexibility index (Phi) is 7.52. The quantitative estimate of drug-likeness (QED) is 0.810. The maximum Gasteiger partial charge on any atom is 0.407 e. The number of amides is 1. The highest BCUT2D eigenvalue weighted by Crippen LogP contribution is 2.10. The Hall–Kier alpha value is -1.59. The van der Waals surface area contributed by atoms with E-state index in [0.29, 0.717) is 13.1 Å². The molecule has 0 heterocycles. The smallest absolute Gasteiger partial charge is 0.407 e. The number of likely N-dealkylation sites (N-methyl/N-ethyl adjacent to an activating group) is 1. The second kappa shape index (κ2) is 8.89.